The Kier molecular flexibility index (Phi) is 5.81. The summed E-state index contributed by atoms with van der Waals surface area (Å²) in [5, 5.41) is 13.6. The Morgan fingerprint density at radius 2 is 1.87 bits per heavy atom. The van der Waals surface area contributed by atoms with Crippen LogP contribution in [-0.2, 0) is 12.8 Å². The zero-order valence-electron chi connectivity index (χ0n) is 19.3. The van der Waals surface area contributed by atoms with Gasteiger partial charge in [-0.1, -0.05) is 56.8 Å². The van der Waals surface area contributed by atoms with Gasteiger partial charge in [0.15, 0.2) is 5.16 Å². The summed E-state index contributed by atoms with van der Waals surface area (Å²) < 4.78 is 6.70. The minimum atomic E-state index is -1.94. The standard InChI is InChI=1S/C25H32N2O2SSi/c1-25(2,3)31(5,6)29-18-13-16-9-7-8-10-19(16)21(15-18)17-11-12-20-22(14-17)26-24(30-4)27-23(20)28/h7-10,13,15,17H,11-12,14H2,1-6H3,(H,26,27,28). The van der Waals surface area contributed by atoms with E-state index in [1.807, 2.05) is 6.26 Å². The maximum Gasteiger partial charge on any atom is 0.250 e. The van der Waals surface area contributed by atoms with Crippen LogP contribution in [0.4, 0.5) is 0 Å². The average Bonchev–Trinajstić information content (AvgIpc) is 2.71. The number of rotatable bonds is 4. The van der Waals surface area contributed by atoms with E-state index in [4.69, 9.17) is 9.41 Å². The summed E-state index contributed by atoms with van der Waals surface area (Å²) in [6, 6.07) is 13.0. The molecule has 1 N–H and O–H groups in total. The van der Waals surface area contributed by atoms with Gasteiger partial charge in [-0.25, -0.2) is 4.98 Å². The molecule has 0 aliphatic heterocycles. The Labute approximate surface area is 190 Å². The van der Waals surface area contributed by atoms with E-state index >= 15 is 0 Å². The Hall–Kier alpha value is -2.05. The quantitative estimate of drug-likeness (QED) is 0.271. The van der Waals surface area contributed by atoms with Crippen LogP contribution in [0.25, 0.3) is 10.8 Å². The SMILES string of the molecule is CSc1nc(O)c2c(n1)CC(c1cc(O[Si](C)(C)C(C)(C)C)cc3ccccc13)CC2. The molecule has 31 heavy (non-hydrogen) atoms. The van der Waals surface area contributed by atoms with E-state index in [1.54, 1.807) is 0 Å². The predicted molar refractivity (Wildman–Crippen MR) is 132 cm³/mol. The lowest BCUT2D eigenvalue weighted by Crippen LogP contribution is -2.43. The highest BCUT2D eigenvalue weighted by molar-refractivity contribution is 7.98. The third-order valence-electron chi connectivity index (χ3n) is 6.90. The molecule has 0 radical (unpaired) electrons. The number of nitrogens with zero attached hydrogens (tertiary/aromatic N) is 2. The van der Waals surface area contributed by atoms with Gasteiger partial charge in [0.1, 0.15) is 5.75 Å². The second-order valence-corrected chi connectivity index (χ2v) is 15.5. The van der Waals surface area contributed by atoms with Crippen LogP contribution in [0.5, 0.6) is 11.6 Å². The van der Waals surface area contributed by atoms with Gasteiger partial charge >= 0.3 is 0 Å². The second-order valence-electron chi connectivity index (χ2n) is 9.99. The normalized spacial score (nSPS) is 16.9. The van der Waals surface area contributed by atoms with Crippen LogP contribution in [-0.4, -0.2) is 29.6 Å². The summed E-state index contributed by atoms with van der Waals surface area (Å²) in [6.45, 7) is 11.4. The van der Waals surface area contributed by atoms with Gasteiger partial charge in [0.05, 0.1) is 5.69 Å². The first kappa shape index (κ1) is 22.2. The fraction of sp³-hybridized carbons (Fsp3) is 0.440. The highest BCUT2D eigenvalue weighted by Crippen LogP contribution is 2.42. The molecule has 1 atom stereocenters. The maximum atomic E-state index is 10.4. The number of fused-ring (bicyclic) bond motifs is 2. The molecule has 1 unspecified atom stereocenters. The molecule has 0 spiro atoms. The van der Waals surface area contributed by atoms with Gasteiger partial charge in [-0.2, -0.15) is 4.98 Å². The highest BCUT2D eigenvalue weighted by Gasteiger charge is 2.39. The van der Waals surface area contributed by atoms with Crippen LogP contribution >= 0.6 is 11.8 Å². The van der Waals surface area contributed by atoms with E-state index in [0.29, 0.717) is 11.1 Å². The Morgan fingerprint density at radius 3 is 2.58 bits per heavy atom. The van der Waals surface area contributed by atoms with Crippen molar-refractivity contribution >= 4 is 30.9 Å². The maximum absolute atomic E-state index is 10.4. The smallest absolute Gasteiger partial charge is 0.250 e. The van der Waals surface area contributed by atoms with E-state index in [-0.39, 0.29) is 10.9 Å². The monoisotopic (exact) mass is 452 g/mol. The van der Waals surface area contributed by atoms with Crippen LogP contribution in [0.3, 0.4) is 0 Å². The molecule has 0 fully saturated rings. The van der Waals surface area contributed by atoms with Gasteiger partial charge in [0, 0.05) is 5.56 Å². The number of hydrogen-bond donors (Lipinski definition) is 1. The molecule has 1 heterocycles. The minimum absolute atomic E-state index is 0.144. The molecule has 1 aliphatic carbocycles. The van der Waals surface area contributed by atoms with Crippen molar-refractivity contribution in [3.05, 3.63) is 53.2 Å². The van der Waals surface area contributed by atoms with Gasteiger partial charge < -0.3 is 9.53 Å². The van der Waals surface area contributed by atoms with Gasteiger partial charge in [-0.3, -0.25) is 0 Å². The van der Waals surface area contributed by atoms with Gasteiger partial charge in [0.25, 0.3) is 0 Å². The zero-order chi connectivity index (χ0) is 22.4. The van der Waals surface area contributed by atoms with Crippen molar-refractivity contribution in [3.63, 3.8) is 0 Å². The van der Waals surface area contributed by atoms with Crippen LogP contribution in [0.2, 0.25) is 18.1 Å². The first-order chi connectivity index (χ1) is 14.6. The van der Waals surface area contributed by atoms with Crippen LogP contribution in [0, 0.1) is 0 Å². The van der Waals surface area contributed by atoms with Crippen molar-refractivity contribution in [2.24, 2.45) is 0 Å². The van der Waals surface area contributed by atoms with Gasteiger partial charge in [-0.05, 0) is 78.0 Å². The summed E-state index contributed by atoms with van der Waals surface area (Å²) in [5.74, 6) is 1.46. The fourth-order valence-electron chi connectivity index (χ4n) is 4.09. The van der Waals surface area contributed by atoms with E-state index in [9.17, 15) is 5.11 Å². The molecule has 164 valence electrons. The predicted octanol–water partition coefficient (Wildman–Crippen LogP) is 6.71. The van der Waals surface area contributed by atoms with Crippen molar-refractivity contribution in [2.75, 3.05) is 6.26 Å². The lowest BCUT2D eigenvalue weighted by molar-refractivity contribution is 0.424. The third kappa shape index (κ3) is 4.33. The topological polar surface area (TPSA) is 55.2 Å². The van der Waals surface area contributed by atoms with E-state index in [1.165, 1.54) is 28.1 Å². The highest BCUT2D eigenvalue weighted by atomic mass is 32.2. The van der Waals surface area contributed by atoms with E-state index < -0.39 is 8.32 Å². The molecule has 3 aromatic rings. The molecule has 6 heteroatoms. The van der Waals surface area contributed by atoms with Crippen LogP contribution in [0.15, 0.2) is 41.6 Å². The Balaban J connectivity index is 1.76. The molecule has 1 aliphatic rings. The van der Waals surface area contributed by atoms with Crippen molar-refractivity contribution in [2.45, 2.75) is 69.2 Å². The summed E-state index contributed by atoms with van der Waals surface area (Å²) in [7, 11) is -1.94. The Morgan fingerprint density at radius 1 is 1.13 bits per heavy atom. The molecular formula is C25H32N2O2SSi. The lowest BCUT2D eigenvalue weighted by Gasteiger charge is -2.37. The van der Waals surface area contributed by atoms with Crippen LogP contribution < -0.4 is 4.43 Å². The van der Waals surface area contributed by atoms with Crippen LogP contribution in [0.1, 0.15) is 49.9 Å². The minimum Gasteiger partial charge on any atom is -0.543 e. The molecule has 1 aromatic heterocycles. The van der Waals surface area contributed by atoms with Gasteiger partial charge in [0.2, 0.25) is 14.2 Å². The largest absolute Gasteiger partial charge is 0.543 e. The lowest BCUT2D eigenvalue weighted by atomic mass is 9.81. The molecule has 4 nitrogen and oxygen atoms in total. The molecule has 2 aromatic carbocycles. The van der Waals surface area contributed by atoms with Crippen molar-refractivity contribution < 1.29 is 9.53 Å². The number of aromatic nitrogens is 2. The van der Waals surface area contributed by atoms with Gasteiger partial charge in [-0.15, -0.1) is 0 Å². The number of aromatic hydroxyl groups is 1. The summed E-state index contributed by atoms with van der Waals surface area (Å²) >= 11 is 1.47. The van der Waals surface area contributed by atoms with Crippen molar-refractivity contribution in [1.82, 2.24) is 9.97 Å². The zero-order valence-corrected chi connectivity index (χ0v) is 21.1. The molecule has 0 bridgehead atoms. The fourth-order valence-corrected chi connectivity index (χ4v) is 5.48. The summed E-state index contributed by atoms with van der Waals surface area (Å²) in [5.41, 5.74) is 3.21. The average molecular weight is 453 g/mol. The van der Waals surface area contributed by atoms with E-state index in [0.717, 1.165) is 36.3 Å². The first-order valence-corrected chi connectivity index (χ1v) is 15.1. The van der Waals surface area contributed by atoms with Crippen molar-refractivity contribution in [3.8, 4) is 11.6 Å². The number of benzene rings is 2. The third-order valence-corrected chi connectivity index (χ3v) is 11.8. The molecule has 0 saturated heterocycles. The summed E-state index contributed by atoms with van der Waals surface area (Å²) in [6.07, 6.45) is 4.52. The summed E-state index contributed by atoms with van der Waals surface area (Å²) in [4.78, 5) is 8.95. The second kappa shape index (κ2) is 8.13. The first-order valence-electron chi connectivity index (χ1n) is 10.9. The Bertz CT molecular complexity index is 1120. The molecule has 0 amide bonds. The van der Waals surface area contributed by atoms with Crippen molar-refractivity contribution in [1.29, 1.82) is 0 Å². The molecule has 4 rings (SSSR count). The number of hydrogen-bond acceptors (Lipinski definition) is 5. The molecular weight excluding hydrogens is 420 g/mol. The van der Waals surface area contributed by atoms with E-state index in [2.05, 4.69) is 75.2 Å². The number of thioether (sulfide) groups is 1. The molecule has 0 saturated carbocycles.